The van der Waals surface area contributed by atoms with Crippen LogP contribution in [0.25, 0.3) is 0 Å². The van der Waals surface area contributed by atoms with Crippen LogP contribution in [0, 0.1) is 13.8 Å². The molecule has 0 spiro atoms. The zero-order valence-corrected chi connectivity index (χ0v) is 7.16. The topological polar surface area (TPSA) is 50.2 Å². The number of carboxylic acids is 1. The standard InChI is InChI=1S/C9H11NO2/c1-6-3-8(4-9(11)12)7(2)10-5-6/h3,5H,4H2,1-2H3,(H,11,12). The van der Waals surface area contributed by atoms with E-state index in [2.05, 4.69) is 4.98 Å². The van der Waals surface area contributed by atoms with Crippen LogP contribution in [0.1, 0.15) is 16.8 Å². The van der Waals surface area contributed by atoms with Crippen molar-refractivity contribution in [2.75, 3.05) is 0 Å². The molecular weight excluding hydrogens is 154 g/mol. The minimum Gasteiger partial charge on any atom is -0.481 e. The first-order valence-electron chi connectivity index (χ1n) is 3.73. The lowest BCUT2D eigenvalue weighted by atomic mass is 10.1. The minimum absolute atomic E-state index is 0.0561. The van der Waals surface area contributed by atoms with Crippen LogP contribution < -0.4 is 0 Å². The zero-order valence-electron chi connectivity index (χ0n) is 7.16. The Morgan fingerprint density at radius 2 is 2.25 bits per heavy atom. The molecule has 0 unspecified atom stereocenters. The maximum Gasteiger partial charge on any atom is 0.307 e. The van der Waals surface area contributed by atoms with Gasteiger partial charge >= 0.3 is 5.97 Å². The van der Waals surface area contributed by atoms with Crippen molar-refractivity contribution in [3.05, 3.63) is 29.1 Å². The summed E-state index contributed by atoms with van der Waals surface area (Å²) in [7, 11) is 0. The summed E-state index contributed by atoms with van der Waals surface area (Å²) >= 11 is 0. The van der Waals surface area contributed by atoms with Gasteiger partial charge in [-0.15, -0.1) is 0 Å². The van der Waals surface area contributed by atoms with Crippen molar-refractivity contribution < 1.29 is 9.90 Å². The second-order valence-electron chi connectivity index (χ2n) is 2.83. The van der Waals surface area contributed by atoms with Crippen LogP contribution in [0.3, 0.4) is 0 Å². The Hall–Kier alpha value is -1.38. The predicted molar refractivity (Wildman–Crippen MR) is 45.1 cm³/mol. The number of pyridine rings is 1. The van der Waals surface area contributed by atoms with Gasteiger partial charge < -0.3 is 5.11 Å². The average Bonchev–Trinajstić information content (AvgIpc) is 1.96. The van der Waals surface area contributed by atoms with Crippen molar-refractivity contribution in [1.82, 2.24) is 4.98 Å². The quantitative estimate of drug-likeness (QED) is 0.719. The molecule has 1 heterocycles. The Morgan fingerprint density at radius 1 is 1.58 bits per heavy atom. The summed E-state index contributed by atoms with van der Waals surface area (Å²) in [5.41, 5.74) is 2.59. The van der Waals surface area contributed by atoms with Crippen molar-refractivity contribution in [1.29, 1.82) is 0 Å². The Kier molecular flexibility index (Phi) is 2.43. The molecular formula is C9H11NO2. The summed E-state index contributed by atoms with van der Waals surface area (Å²) in [5.74, 6) is -0.814. The summed E-state index contributed by atoms with van der Waals surface area (Å²) in [6.07, 6.45) is 1.79. The van der Waals surface area contributed by atoms with E-state index in [1.165, 1.54) is 0 Å². The Morgan fingerprint density at radius 3 is 2.83 bits per heavy atom. The van der Waals surface area contributed by atoms with E-state index in [1.54, 1.807) is 6.20 Å². The minimum atomic E-state index is -0.814. The molecule has 0 aliphatic rings. The molecule has 0 saturated heterocycles. The number of hydrogen-bond donors (Lipinski definition) is 1. The largest absolute Gasteiger partial charge is 0.481 e. The van der Waals surface area contributed by atoms with Crippen molar-refractivity contribution in [3.8, 4) is 0 Å². The maximum atomic E-state index is 10.4. The number of nitrogens with zero attached hydrogens (tertiary/aromatic N) is 1. The van der Waals surface area contributed by atoms with Crippen molar-refractivity contribution in [3.63, 3.8) is 0 Å². The first-order valence-corrected chi connectivity index (χ1v) is 3.73. The van der Waals surface area contributed by atoms with Gasteiger partial charge in [0.1, 0.15) is 0 Å². The SMILES string of the molecule is Cc1cnc(C)c(CC(=O)O)c1. The third-order valence-corrected chi connectivity index (χ3v) is 1.67. The highest BCUT2D eigenvalue weighted by atomic mass is 16.4. The molecule has 0 radical (unpaired) electrons. The summed E-state index contributed by atoms with van der Waals surface area (Å²) in [4.78, 5) is 14.5. The molecule has 0 aromatic carbocycles. The van der Waals surface area contributed by atoms with Gasteiger partial charge in [0, 0.05) is 11.9 Å². The molecule has 0 fully saturated rings. The second-order valence-corrected chi connectivity index (χ2v) is 2.83. The van der Waals surface area contributed by atoms with Crippen molar-refractivity contribution >= 4 is 5.97 Å². The van der Waals surface area contributed by atoms with Gasteiger partial charge in [0.25, 0.3) is 0 Å². The average molecular weight is 165 g/mol. The van der Waals surface area contributed by atoms with E-state index in [9.17, 15) is 4.79 Å². The number of carbonyl (C=O) groups is 1. The fourth-order valence-corrected chi connectivity index (χ4v) is 1.04. The highest BCUT2D eigenvalue weighted by Crippen LogP contribution is 2.07. The first-order chi connectivity index (χ1) is 5.59. The number of carboxylic acid groups (broad SMARTS) is 1. The fraction of sp³-hybridized carbons (Fsp3) is 0.333. The Bertz CT molecular complexity index is 307. The molecule has 0 bridgehead atoms. The monoisotopic (exact) mass is 165 g/mol. The normalized spacial score (nSPS) is 9.83. The van der Waals surface area contributed by atoms with Crippen LogP contribution in [0.15, 0.2) is 12.3 Å². The first kappa shape index (κ1) is 8.71. The molecule has 1 rings (SSSR count). The van der Waals surface area contributed by atoms with Crippen LogP contribution in [-0.4, -0.2) is 16.1 Å². The highest BCUT2D eigenvalue weighted by Gasteiger charge is 2.04. The summed E-state index contributed by atoms with van der Waals surface area (Å²) in [6.45, 7) is 3.72. The Balaban J connectivity index is 2.97. The number of aromatic nitrogens is 1. The molecule has 3 heteroatoms. The van der Waals surface area contributed by atoms with E-state index in [-0.39, 0.29) is 6.42 Å². The van der Waals surface area contributed by atoms with Crippen molar-refractivity contribution in [2.24, 2.45) is 0 Å². The third-order valence-electron chi connectivity index (χ3n) is 1.67. The van der Waals surface area contributed by atoms with Crippen LogP contribution in [0.4, 0.5) is 0 Å². The lowest BCUT2D eigenvalue weighted by Gasteiger charge is -2.02. The maximum absolute atomic E-state index is 10.4. The van der Waals surface area contributed by atoms with E-state index in [0.29, 0.717) is 0 Å². The highest BCUT2D eigenvalue weighted by molar-refractivity contribution is 5.70. The van der Waals surface area contributed by atoms with E-state index in [1.807, 2.05) is 19.9 Å². The van der Waals surface area contributed by atoms with Gasteiger partial charge in [-0.05, 0) is 25.0 Å². The fourth-order valence-electron chi connectivity index (χ4n) is 1.04. The molecule has 64 valence electrons. The number of rotatable bonds is 2. The molecule has 0 saturated carbocycles. The van der Waals surface area contributed by atoms with Crippen LogP contribution in [0.2, 0.25) is 0 Å². The lowest BCUT2D eigenvalue weighted by molar-refractivity contribution is -0.136. The van der Waals surface area contributed by atoms with Crippen LogP contribution in [-0.2, 0) is 11.2 Å². The lowest BCUT2D eigenvalue weighted by Crippen LogP contribution is -2.03. The third kappa shape index (κ3) is 2.05. The zero-order chi connectivity index (χ0) is 9.14. The van der Waals surface area contributed by atoms with E-state index in [0.717, 1.165) is 16.8 Å². The van der Waals surface area contributed by atoms with Gasteiger partial charge in [0.05, 0.1) is 6.42 Å². The molecule has 0 atom stereocenters. The Labute approximate surface area is 71.1 Å². The number of aryl methyl sites for hydroxylation is 2. The smallest absolute Gasteiger partial charge is 0.307 e. The van der Waals surface area contributed by atoms with Gasteiger partial charge in [-0.1, -0.05) is 6.07 Å². The summed E-state index contributed by atoms with van der Waals surface area (Å²) in [6, 6.07) is 1.86. The van der Waals surface area contributed by atoms with Gasteiger partial charge in [-0.25, -0.2) is 0 Å². The molecule has 12 heavy (non-hydrogen) atoms. The molecule has 0 aliphatic carbocycles. The van der Waals surface area contributed by atoms with Gasteiger partial charge in [0.2, 0.25) is 0 Å². The number of aliphatic carboxylic acids is 1. The molecule has 0 amide bonds. The molecule has 1 N–H and O–H groups in total. The van der Waals surface area contributed by atoms with E-state index >= 15 is 0 Å². The van der Waals surface area contributed by atoms with E-state index < -0.39 is 5.97 Å². The molecule has 1 aromatic rings. The number of hydrogen-bond acceptors (Lipinski definition) is 2. The van der Waals surface area contributed by atoms with E-state index in [4.69, 9.17) is 5.11 Å². The predicted octanol–water partition coefficient (Wildman–Crippen LogP) is 1.33. The van der Waals surface area contributed by atoms with Crippen LogP contribution >= 0.6 is 0 Å². The molecule has 1 aromatic heterocycles. The second kappa shape index (κ2) is 3.34. The summed E-state index contributed by atoms with van der Waals surface area (Å²) < 4.78 is 0. The van der Waals surface area contributed by atoms with Gasteiger partial charge in [0.15, 0.2) is 0 Å². The van der Waals surface area contributed by atoms with Gasteiger partial charge in [-0.2, -0.15) is 0 Å². The van der Waals surface area contributed by atoms with Crippen LogP contribution in [0.5, 0.6) is 0 Å². The molecule has 3 nitrogen and oxygen atoms in total. The van der Waals surface area contributed by atoms with Crippen molar-refractivity contribution in [2.45, 2.75) is 20.3 Å². The molecule has 0 aliphatic heterocycles. The summed E-state index contributed by atoms with van der Waals surface area (Å²) in [5, 5.41) is 8.55. The van der Waals surface area contributed by atoms with Gasteiger partial charge in [-0.3, -0.25) is 9.78 Å².